The number of halogens is 1. The zero-order chi connectivity index (χ0) is 12.0. The summed E-state index contributed by atoms with van der Waals surface area (Å²) >= 11 is 5.17. The van der Waals surface area contributed by atoms with Crippen molar-refractivity contribution in [3.8, 4) is 5.75 Å². The molecule has 4 heteroatoms. The molecule has 88 valence electrons. The van der Waals surface area contributed by atoms with E-state index in [-0.39, 0.29) is 0 Å². The van der Waals surface area contributed by atoms with Crippen LogP contribution in [0.3, 0.4) is 0 Å². The van der Waals surface area contributed by atoms with Gasteiger partial charge in [-0.15, -0.1) is 0 Å². The van der Waals surface area contributed by atoms with Gasteiger partial charge in [0.25, 0.3) is 0 Å². The second-order valence-corrected chi connectivity index (χ2v) is 3.83. The van der Waals surface area contributed by atoms with Gasteiger partial charge in [0, 0.05) is 6.54 Å². The standard InChI is InChI=1S/C12H16ClNO2/c1-3-16-11-5-4-10(8-9(11)2)6-7-14-12(13)15/h4-5,8H,3,6-7H2,1-2H3,(H,14,15). The van der Waals surface area contributed by atoms with Crippen LogP contribution in [-0.2, 0) is 6.42 Å². The topological polar surface area (TPSA) is 38.3 Å². The number of aryl methyl sites for hydroxylation is 1. The molecule has 0 unspecified atom stereocenters. The van der Waals surface area contributed by atoms with Crippen LogP contribution in [0.4, 0.5) is 4.79 Å². The van der Waals surface area contributed by atoms with E-state index in [0.717, 1.165) is 23.3 Å². The van der Waals surface area contributed by atoms with Gasteiger partial charge >= 0.3 is 5.37 Å². The number of hydrogen-bond acceptors (Lipinski definition) is 2. The molecule has 0 saturated carbocycles. The van der Waals surface area contributed by atoms with Gasteiger partial charge < -0.3 is 10.1 Å². The Hall–Kier alpha value is -1.22. The van der Waals surface area contributed by atoms with Crippen molar-refractivity contribution in [3.05, 3.63) is 29.3 Å². The fourth-order valence-electron chi connectivity index (χ4n) is 1.49. The molecule has 1 aromatic rings. The minimum atomic E-state index is -0.511. The number of nitrogens with one attached hydrogen (secondary N) is 1. The molecule has 1 amide bonds. The zero-order valence-electron chi connectivity index (χ0n) is 9.55. The lowest BCUT2D eigenvalue weighted by molar-refractivity contribution is 0.260. The summed E-state index contributed by atoms with van der Waals surface area (Å²) in [5, 5.41) is 2.04. The van der Waals surface area contributed by atoms with Gasteiger partial charge in [0.1, 0.15) is 5.75 Å². The van der Waals surface area contributed by atoms with Crippen LogP contribution in [0.15, 0.2) is 18.2 Å². The van der Waals surface area contributed by atoms with Crippen molar-refractivity contribution in [2.75, 3.05) is 13.2 Å². The Labute approximate surface area is 101 Å². The summed E-state index contributed by atoms with van der Waals surface area (Å²) in [6.07, 6.45) is 0.770. The van der Waals surface area contributed by atoms with Crippen LogP contribution in [0.5, 0.6) is 5.75 Å². The highest BCUT2D eigenvalue weighted by atomic mass is 35.5. The van der Waals surface area contributed by atoms with Crippen LogP contribution in [-0.4, -0.2) is 18.5 Å². The van der Waals surface area contributed by atoms with E-state index in [1.807, 2.05) is 26.0 Å². The molecule has 1 aromatic carbocycles. The van der Waals surface area contributed by atoms with Gasteiger partial charge in [-0.25, -0.2) is 0 Å². The molecule has 1 rings (SSSR count). The molecule has 0 radical (unpaired) electrons. The molecule has 0 atom stereocenters. The van der Waals surface area contributed by atoms with E-state index in [0.29, 0.717) is 13.2 Å². The summed E-state index contributed by atoms with van der Waals surface area (Å²) in [5.74, 6) is 0.910. The lowest BCUT2D eigenvalue weighted by Crippen LogP contribution is -2.19. The van der Waals surface area contributed by atoms with Crippen molar-refractivity contribution in [3.63, 3.8) is 0 Å². The number of carbonyl (C=O) groups excluding carboxylic acids is 1. The van der Waals surface area contributed by atoms with Crippen molar-refractivity contribution in [1.82, 2.24) is 5.32 Å². The summed E-state index contributed by atoms with van der Waals surface area (Å²) in [6.45, 7) is 5.19. The first-order valence-electron chi connectivity index (χ1n) is 5.29. The second kappa shape index (κ2) is 6.38. The number of carbonyl (C=O) groups is 1. The van der Waals surface area contributed by atoms with E-state index >= 15 is 0 Å². The molecule has 0 spiro atoms. The largest absolute Gasteiger partial charge is 0.494 e. The summed E-state index contributed by atoms with van der Waals surface area (Å²) < 4.78 is 5.44. The second-order valence-electron chi connectivity index (χ2n) is 3.48. The summed E-state index contributed by atoms with van der Waals surface area (Å²) in [5.41, 5.74) is 2.27. The molecular weight excluding hydrogens is 226 g/mol. The van der Waals surface area contributed by atoms with E-state index in [2.05, 4.69) is 11.4 Å². The molecule has 0 saturated heterocycles. The molecule has 3 nitrogen and oxygen atoms in total. The van der Waals surface area contributed by atoms with Crippen molar-refractivity contribution in [1.29, 1.82) is 0 Å². The smallest absolute Gasteiger partial charge is 0.313 e. The number of hydrogen-bond donors (Lipinski definition) is 1. The molecule has 16 heavy (non-hydrogen) atoms. The first kappa shape index (κ1) is 12.8. The van der Waals surface area contributed by atoms with Gasteiger partial charge in [-0.05, 0) is 49.1 Å². The first-order valence-corrected chi connectivity index (χ1v) is 5.67. The third-order valence-electron chi connectivity index (χ3n) is 2.22. The predicted molar refractivity (Wildman–Crippen MR) is 65.3 cm³/mol. The molecule has 0 aliphatic carbocycles. The maximum absolute atomic E-state index is 10.5. The Kier molecular flexibility index (Phi) is 5.12. The Balaban J connectivity index is 2.55. The monoisotopic (exact) mass is 241 g/mol. The first-order chi connectivity index (χ1) is 7.63. The van der Waals surface area contributed by atoms with E-state index < -0.39 is 5.37 Å². The van der Waals surface area contributed by atoms with E-state index in [4.69, 9.17) is 16.3 Å². The molecule has 0 fully saturated rings. The zero-order valence-corrected chi connectivity index (χ0v) is 10.3. The summed E-state index contributed by atoms with van der Waals surface area (Å²) in [4.78, 5) is 10.5. The Bertz CT molecular complexity index is 366. The van der Waals surface area contributed by atoms with Crippen molar-refractivity contribution in [2.45, 2.75) is 20.3 Å². The summed E-state index contributed by atoms with van der Waals surface area (Å²) in [7, 11) is 0. The van der Waals surface area contributed by atoms with Gasteiger partial charge in [0.2, 0.25) is 0 Å². The summed E-state index contributed by atoms with van der Waals surface area (Å²) in [6, 6.07) is 6.01. The van der Waals surface area contributed by atoms with Crippen LogP contribution in [0.1, 0.15) is 18.1 Å². The fraction of sp³-hybridized carbons (Fsp3) is 0.417. The van der Waals surface area contributed by atoms with Gasteiger partial charge in [0.05, 0.1) is 6.61 Å². The molecule has 0 aliphatic rings. The minimum absolute atomic E-state index is 0.511. The average molecular weight is 242 g/mol. The molecule has 0 bridgehead atoms. The van der Waals surface area contributed by atoms with E-state index in [1.165, 1.54) is 0 Å². The number of amides is 1. The van der Waals surface area contributed by atoms with Gasteiger partial charge in [-0.3, -0.25) is 4.79 Å². The normalized spacial score (nSPS) is 9.94. The third-order valence-corrected chi connectivity index (χ3v) is 2.35. The van der Waals surface area contributed by atoms with Crippen LogP contribution < -0.4 is 10.1 Å². The minimum Gasteiger partial charge on any atom is -0.494 e. The van der Waals surface area contributed by atoms with Crippen LogP contribution >= 0.6 is 11.6 Å². The lowest BCUT2D eigenvalue weighted by atomic mass is 10.1. The predicted octanol–water partition coefficient (Wildman–Crippen LogP) is 2.88. The fourth-order valence-corrected chi connectivity index (χ4v) is 1.58. The average Bonchev–Trinajstić information content (AvgIpc) is 2.21. The van der Waals surface area contributed by atoms with Crippen molar-refractivity contribution >= 4 is 17.0 Å². The number of benzene rings is 1. The lowest BCUT2D eigenvalue weighted by Gasteiger charge is -2.09. The molecule has 0 heterocycles. The molecule has 0 aliphatic heterocycles. The highest BCUT2D eigenvalue weighted by Gasteiger charge is 2.01. The SMILES string of the molecule is CCOc1ccc(CCNC(=O)Cl)cc1C. The number of rotatable bonds is 5. The van der Waals surface area contributed by atoms with Crippen molar-refractivity contribution < 1.29 is 9.53 Å². The van der Waals surface area contributed by atoms with Crippen LogP contribution in [0, 0.1) is 6.92 Å². The Morgan fingerprint density at radius 3 is 2.81 bits per heavy atom. The van der Waals surface area contributed by atoms with E-state index in [1.54, 1.807) is 0 Å². The third kappa shape index (κ3) is 4.11. The quantitative estimate of drug-likeness (QED) is 0.636. The highest BCUT2D eigenvalue weighted by Crippen LogP contribution is 2.19. The molecule has 0 aromatic heterocycles. The Morgan fingerprint density at radius 1 is 1.50 bits per heavy atom. The van der Waals surface area contributed by atoms with Gasteiger partial charge in [0.15, 0.2) is 0 Å². The van der Waals surface area contributed by atoms with Gasteiger partial charge in [-0.2, -0.15) is 0 Å². The van der Waals surface area contributed by atoms with Gasteiger partial charge in [-0.1, -0.05) is 12.1 Å². The van der Waals surface area contributed by atoms with Crippen LogP contribution in [0.2, 0.25) is 0 Å². The van der Waals surface area contributed by atoms with E-state index in [9.17, 15) is 4.79 Å². The molecule has 1 N–H and O–H groups in total. The van der Waals surface area contributed by atoms with Crippen LogP contribution in [0.25, 0.3) is 0 Å². The maximum atomic E-state index is 10.5. The molecular formula is C12H16ClNO2. The maximum Gasteiger partial charge on any atom is 0.313 e. The number of ether oxygens (including phenoxy) is 1. The highest BCUT2D eigenvalue weighted by molar-refractivity contribution is 6.62. The Morgan fingerprint density at radius 2 is 2.25 bits per heavy atom. The van der Waals surface area contributed by atoms with Crippen molar-refractivity contribution in [2.24, 2.45) is 0 Å².